The van der Waals surface area contributed by atoms with Gasteiger partial charge in [-0.05, 0) is 43.9 Å². The number of methoxy groups -OCH3 is 1. The van der Waals surface area contributed by atoms with Crippen LogP contribution in [0.1, 0.15) is 58.1 Å². The Bertz CT molecular complexity index is 647. The Balaban J connectivity index is 2.00. The van der Waals surface area contributed by atoms with Crippen LogP contribution in [-0.2, 0) is 9.59 Å². The fraction of sp³-hybridized carbons (Fsp3) is 0.619. The lowest BCUT2D eigenvalue weighted by Gasteiger charge is -2.32. The quantitative estimate of drug-likeness (QED) is 0.756. The lowest BCUT2D eigenvalue weighted by molar-refractivity contribution is -0.135. The predicted molar refractivity (Wildman–Crippen MR) is 105 cm³/mol. The van der Waals surface area contributed by atoms with Gasteiger partial charge in [0.15, 0.2) is 11.5 Å². The van der Waals surface area contributed by atoms with E-state index in [4.69, 9.17) is 9.47 Å². The number of piperidine rings is 1. The third kappa shape index (κ3) is 5.62. The normalized spacial score (nSPS) is 17.9. The van der Waals surface area contributed by atoms with Crippen LogP contribution in [0.15, 0.2) is 18.2 Å². The van der Waals surface area contributed by atoms with Gasteiger partial charge in [-0.15, -0.1) is 0 Å². The maximum atomic E-state index is 12.7. The first kappa shape index (κ1) is 21.1. The molecule has 1 aromatic carbocycles. The molecular weight excluding hydrogens is 344 g/mol. The zero-order chi connectivity index (χ0) is 19.8. The lowest BCUT2D eigenvalue weighted by atomic mass is 9.96. The second kappa shape index (κ2) is 10.2. The van der Waals surface area contributed by atoms with Gasteiger partial charge >= 0.3 is 0 Å². The molecule has 1 heterocycles. The highest BCUT2D eigenvalue weighted by Gasteiger charge is 2.28. The number of amides is 2. The summed E-state index contributed by atoms with van der Waals surface area (Å²) in [6, 6.07) is 5.59. The van der Waals surface area contributed by atoms with Crippen LogP contribution < -0.4 is 14.8 Å². The molecule has 0 saturated carbocycles. The van der Waals surface area contributed by atoms with E-state index in [0.29, 0.717) is 31.1 Å². The third-order valence-corrected chi connectivity index (χ3v) is 4.96. The van der Waals surface area contributed by atoms with Gasteiger partial charge in [0, 0.05) is 19.5 Å². The third-order valence-electron chi connectivity index (χ3n) is 4.96. The Hall–Kier alpha value is -2.24. The van der Waals surface area contributed by atoms with Crippen molar-refractivity contribution in [2.24, 2.45) is 5.92 Å². The van der Waals surface area contributed by atoms with Crippen LogP contribution >= 0.6 is 0 Å². The van der Waals surface area contributed by atoms with Crippen molar-refractivity contribution >= 4 is 11.8 Å². The van der Waals surface area contributed by atoms with E-state index in [1.807, 2.05) is 32.0 Å². The van der Waals surface area contributed by atoms with Crippen molar-refractivity contribution in [1.82, 2.24) is 10.2 Å². The summed E-state index contributed by atoms with van der Waals surface area (Å²) >= 11 is 0. The maximum Gasteiger partial charge on any atom is 0.225 e. The number of nitrogens with zero attached hydrogens (tertiary/aromatic N) is 1. The van der Waals surface area contributed by atoms with Crippen LogP contribution in [0.2, 0.25) is 0 Å². The molecule has 0 spiro atoms. The zero-order valence-corrected chi connectivity index (χ0v) is 16.9. The van der Waals surface area contributed by atoms with Crippen LogP contribution in [0.3, 0.4) is 0 Å². The molecular formula is C21H32N2O4. The molecule has 1 N–H and O–H groups in total. The van der Waals surface area contributed by atoms with Crippen LogP contribution in [0.5, 0.6) is 11.5 Å². The molecule has 1 saturated heterocycles. The number of carbonyl (C=O) groups excluding carboxylic acids is 2. The molecule has 1 aliphatic heterocycles. The largest absolute Gasteiger partial charge is 0.493 e. The summed E-state index contributed by atoms with van der Waals surface area (Å²) in [5.74, 6) is 1.35. The van der Waals surface area contributed by atoms with Crippen molar-refractivity contribution in [2.45, 2.75) is 52.5 Å². The number of benzene rings is 1. The molecule has 1 aromatic rings. The average molecular weight is 376 g/mol. The Morgan fingerprint density at radius 1 is 1.30 bits per heavy atom. The molecule has 6 heteroatoms. The minimum atomic E-state index is -0.149. The van der Waals surface area contributed by atoms with Gasteiger partial charge in [0.25, 0.3) is 0 Å². The molecule has 27 heavy (non-hydrogen) atoms. The number of hydrogen-bond donors (Lipinski definition) is 1. The van der Waals surface area contributed by atoms with E-state index in [-0.39, 0.29) is 23.8 Å². The van der Waals surface area contributed by atoms with Crippen molar-refractivity contribution in [1.29, 1.82) is 0 Å². The summed E-state index contributed by atoms with van der Waals surface area (Å²) in [6.07, 6.45) is 3.10. The molecule has 0 aromatic heterocycles. The fourth-order valence-electron chi connectivity index (χ4n) is 3.34. The summed E-state index contributed by atoms with van der Waals surface area (Å²) < 4.78 is 11.1. The molecule has 0 aliphatic carbocycles. The SMILES string of the molecule is CCCOc1ccc(C(C)NC(=O)C2CCCN(C(=O)CC)C2)cc1OC. The second-order valence-electron chi connectivity index (χ2n) is 7.02. The van der Waals surface area contributed by atoms with Gasteiger partial charge in [0.2, 0.25) is 11.8 Å². The average Bonchev–Trinajstić information content (AvgIpc) is 2.71. The molecule has 2 amide bonds. The van der Waals surface area contributed by atoms with E-state index < -0.39 is 0 Å². The molecule has 1 fully saturated rings. The number of likely N-dealkylation sites (tertiary alicyclic amines) is 1. The predicted octanol–water partition coefficient (Wildman–Crippen LogP) is 3.31. The molecule has 2 rings (SSSR count). The van der Waals surface area contributed by atoms with Gasteiger partial charge in [-0.2, -0.15) is 0 Å². The molecule has 0 radical (unpaired) electrons. The summed E-state index contributed by atoms with van der Waals surface area (Å²) in [4.78, 5) is 26.4. The molecule has 0 bridgehead atoms. The van der Waals surface area contributed by atoms with E-state index in [9.17, 15) is 9.59 Å². The second-order valence-corrected chi connectivity index (χ2v) is 7.02. The molecule has 6 nitrogen and oxygen atoms in total. The smallest absolute Gasteiger partial charge is 0.225 e. The Morgan fingerprint density at radius 2 is 2.07 bits per heavy atom. The standard InChI is InChI=1S/C21H32N2O4/c1-5-12-27-18-10-9-16(13-19(18)26-4)15(3)22-21(25)17-8-7-11-23(14-17)20(24)6-2/h9-10,13,15,17H,5-8,11-12,14H2,1-4H3,(H,22,25). The Labute approximate surface area is 162 Å². The van der Waals surface area contributed by atoms with Crippen LogP contribution in [0, 0.1) is 5.92 Å². The monoisotopic (exact) mass is 376 g/mol. The highest BCUT2D eigenvalue weighted by atomic mass is 16.5. The van der Waals surface area contributed by atoms with Gasteiger partial charge in [-0.25, -0.2) is 0 Å². The van der Waals surface area contributed by atoms with Crippen molar-refractivity contribution < 1.29 is 19.1 Å². The van der Waals surface area contributed by atoms with Gasteiger partial charge in [-0.1, -0.05) is 19.9 Å². The fourth-order valence-corrected chi connectivity index (χ4v) is 3.34. The first-order valence-corrected chi connectivity index (χ1v) is 9.89. The first-order chi connectivity index (χ1) is 13.0. The lowest BCUT2D eigenvalue weighted by Crippen LogP contribution is -2.45. The number of hydrogen-bond acceptors (Lipinski definition) is 4. The van der Waals surface area contributed by atoms with Gasteiger partial charge in [0.05, 0.1) is 25.7 Å². The number of nitrogens with one attached hydrogen (secondary N) is 1. The summed E-state index contributed by atoms with van der Waals surface area (Å²) in [5.41, 5.74) is 0.960. The minimum absolute atomic E-state index is 0.00128. The van der Waals surface area contributed by atoms with Crippen LogP contribution in [-0.4, -0.2) is 43.5 Å². The van der Waals surface area contributed by atoms with E-state index in [0.717, 1.165) is 31.4 Å². The van der Waals surface area contributed by atoms with Crippen LogP contribution in [0.4, 0.5) is 0 Å². The minimum Gasteiger partial charge on any atom is -0.493 e. The molecule has 1 aliphatic rings. The van der Waals surface area contributed by atoms with Crippen molar-refractivity contribution in [3.8, 4) is 11.5 Å². The number of carbonyl (C=O) groups is 2. The topological polar surface area (TPSA) is 67.9 Å². The van der Waals surface area contributed by atoms with Crippen molar-refractivity contribution in [3.63, 3.8) is 0 Å². The maximum absolute atomic E-state index is 12.7. The van der Waals surface area contributed by atoms with E-state index in [1.54, 1.807) is 12.0 Å². The highest BCUT2D eigenvalue weighted by molar-refractivity contribution is 5.81. The van der Waals surface area contributed by atoms with Gasteiger partial charge in [0.1, 0.15) is 0 Å². The van der Waals surface area contributed by atoms with Crippen molar-refractivity contribution in [3.05, 3.63) is 23.8 Å². The number of rotatable bonds is 8. The van der Waals surface area contributed by atoms with Gasteiger partial charge in [-0.3, -0.25) is 9.59 Å². The van der Waals surface area contributed by atoms with E-state index >= 15 is 0 Å². The van der Waals surface area contributed by atoms with Crippen molar-refractivity contribution in [2.75, 3.05) is 26.8 Å². The molecule has 150 valence electrons. The number of ether oxygens (including phenoxy) is 2. The molecule has 2 atom stereocenters. The summed E-state index contributed by atoms with van der Waals surface area (Å²) in [6.45, 7) is 7.77. The molecule has 2 unspecified atom stereocenters. The Morgan fingerprint density at radius 3 is 2.74 bits per heavy atom. The summed E-state index contributed by atoms with van der Waals surface area (Å²) in [7, 11) is 1.61. The van der Waals surface area contributed by atoms with Crippen LogP contribution in [0.25, 0.3) is 0 Å². The summed E-state index contributed by atoms with van der Waals surface area (Å²) in [5, 5.41) is 3.08. The van der Waals surface area contributed by atoms with Gasteiger partial charge < -0.3 is 19.7 Å². The van der Waals surface area contributed by atoms with E-state index in [2.05, 4.69) is 12.2 Å². The Kier molecular flexibility index (Phi) is 7.95. The first-order valence-electron chi connectivity index (χ1n) is 9.89. The zero-order valence-electron chi connectivity index (χ0n) is 16.9. The highest BCUT2D eigenvalue weighted by Crippen LogP contribution is 2.30. The van der Waals surface area contributed by atoms with E-state index in [1.165, 1.54) is 0 Å².